The van der Waals surface area contributed by atoms with Crippen LogP contribution in [0.2, 0.25) is 5.02 Å². The second-order valence-electron chi connectivity index (χ2n) is 3.58. The van der Waals surface area contributed by atoms with Crippen molar-refractivity contribution in [1.82, 2.24) is 0 Å². The second-order valence-corrected chi connectivity index (χ2v) is 3.99. The third-order valence-electron chi connectivity index (χ3n) is 2.11. The van der Waals surface area contributed by atoms with Crippen molar-refractivity contribution in [3.05, 3.63) is 40.9 Å². The van der Waals surface area contributed by atoms with Crippen molar-refractivity contribution in [2.75, 3.05) is 7.11 Å². The molecule has 0 unspecified atom stereocenters. The number of halogens is 4. The predicted octanol–water partition coefficient (Wildman–Crippen LogP) is 3.51. The lowest BCUT2D eigenvalue weighted by Crippen LogP contribution is -2.17. The zero-order valence-electron chi connectivity index (χ0n) is 9.88. The summed E-state index contributed by atoms with van der Waals surface area (Å²) in [5.74, 6) is -1.09. The van der Waals surface area contributed by atoms with Crippen molar-refractivity contribution >= 4 is 17.6 Å². The Morgan fingerprint density at radius 2 is 2.05 bits per heavy atom. The monoisotopic (exact) mass is 294 g/mol. The van der Waals surface area contributed by atoms with Crippen LogP contribution in [0.4, 0.5) is 13.2 Å². The summed E-state index contributed by atoms with van der Waals surface area (Å²) in [7, 11) is 1.21. The lowest BCUT2D eigenvalue weighted by Gasteiger charge is -2.11. The van der Waals surface area contributed by atoms with Crippen LogP contribution >= 0.6 is 11.6 Å². The molecule has 3 nitrogen and oxygen atoms in total. The lowest BCUT2D eigenvalue weighted by molar-refractivity contribution is -0.274. The van der Waals surface area contributed by atoms with Crippen LogP contribution in [0.5, 0.6) is 5.75 Å². The SMILES string of the molecule is C=C(Cc1ccc(OC(F)(F)F)c(Cl)c1)C(=O)OC. The number of carbonyl (C=O) groups is 1. The molecule has 0 N–H and O–H groups in total. The number of methoxy groups -OCH3 is 1. The topological polar surface area (TPSA) is 35.5 Å². The van der Waals surface area contributed by atoms with Gasteiger partial charge in [-0.1, -0.05) is 24.2 Å². The molecule has 104 valence electrons. The Bertz CT molecular complexity index is 497. The summed E-state index contributed by atoms with van der Waals surface area (Å²) in [5, 5.41) is -0.201. The highest BCUT2D eigenvalue weighted by molar-refractivity contribution is 6.32. The molecule has 1 aromatic rings. The van der Waals surface area contributed by atoms with Crippen molar-refractivity contribution in [2.24, 2.45) is 0 Å². The van der Waals surface area contributed by atoms with Gasteiger partial charge >= 0.3 is 12.3 Å². The molecule has 0 amide bonds. The van der Waals surface area contributed by atoms with E-state index in [4.69, 9.17) is 11.6 Å². The van der Waals surface area contributed by atoms with Gasteiger partial charge in [0.25, 0.3) is 0 Å². The Morgan fingerprint density at radius 1 is 1.42 bits per heavy atom. The van der Waals surface area contributed by atoms with Crippen molar-refractivity contribution < 1.29 is 27.4 Å². The molecule has 0 saturated carbocycles. The highest BCUT2D eigenvalue weighted by Crippen LogP contribution is 2.31. The fourth-order valence-corrected chi connectivity index (χ4v) is 1.57. The molecule has 0 heterocycles. The van der Waals surface area contributed by atoms with Gasteiger partial charge in [-0.3, -0.25) is 0 Å². The van der Waals surface area contributed by atoms with Crippen molar-refractivity contribution in [2.45, 2.75) is 12.8 Å². The number of benzene rings is 1. The van der Waals surface area contributed by atoms with Gasteiger partial charge < -0.3 is 9.47 Å². The predicted molar refractivity (Wildman–Crippen MR) is 63.0 cm³/mol. The molecule has 0 spiro atoms. The molecule has 19 heavy (non-hydrogen) atoms. The maximum atomic E-state index is 12.0. The standard InChI is InChI=1S/C12H10ClF3O3/c1-7(11(17)18-2)5-8-3-4-10(9(13)6-8)19-12(14,15)16/h3-4,6H,1,5H2,2H3. The van der Waals surface area contributed by atoms with Crippen LogP contribution < -0.4 is 4.74 Å². The Balaban J connectivity index is 2.83. The van der Waals surface area contributed by atoms with E-state index in [1.54, 1.807) is 0 Å². The van der Waals surface area contributed by atoms with E-state index in [0.717, 1.165) is 6.07 Å². The first-order valence-electron chi connectivity index (χ1n) is 5.03. The van der Waals surface area contributed by atoms with Gasteiger partial charge in [0, 0.05) is 12.0 Å². The molecule has 0 bridgehead atoms. The average Bonchev–Trinajstić information content (AvgIpc) is 2.30. The molecule has 1 aromatic carbocycles. The molecule has 0 fully saturated rings. The maximum Gasteiger partial charge on any atom is 0.573 e. The van der Waals surface area contributed by atoms with E-state index in [2.05, 4.69) is 16.1 Å². The van der Waals surface area contributed by atoms with Gasteiger partial charge in [0.05, 0.1) is 12.1 Å². The van der Waals surface area contributed by atoms with Gasteiger partial charge in [0.2, 0.25) is 0 Å². The van der Waals surface area contributed by atoms with Crippen LogP contribution in [0.15, 0.2) is 30.4 Å². The third kappa shape index (κ3) is 4.82. The highest BCUT2D eigenvalue weighted by Gasteiger charge is 2.32. The average molecular weight is 295 g/mol. The minimum atomic E-state index is -4.80. The molecule has 7 heteroatoms. The number of carbonyl (C=O) groups excluding carboxylic acids is 1. The van der Waals surface area contributed by atoms with Crippen LogP contribution in [-0.2, 0) is 16.0 Å². The van der Waals surface area contributed by atoms with E-state index in [1.807, 2.05) is 0 Å². The van der Waals surface area contributed by atoms with Crippen LogP contribution in [0, 0.1) is 0 Å². The van der Waals surface area contributed by atoms with Gasteiger partial charge in [-0.25, -0.2) is 4.79 Å². The molecule has 1 rings (SSSR count). The summed E-state index contributed by atoms with van der Waals surface area (Å²) in [4.78, 5) is 11.1. The first-order chi connectivity index (χ1) is 8.73. The van der Waals surface area contributed by atoms with E-state index < -0.39 is 18.1 Å². The van der Waals surface area contributed by atoms with Crippen LogP contribution in [0.25, 0.3) is 0 Å². The molecular formula is C12H10ClF3O3. The smallest absolute Gasteiger partial charge is 0.466 e. The van der Waals surface area contributed by atoms with E-state index in [-0.39, 0.29) is 17.0 Å². The fraction of sp³-hybridized carbons (Fsp3) is 0.250. The molecule has 0 aliphatic carbocycles. The molecule has 0 aliphatic heterocycles. The van der Waals surface area contributed by atoms with Gasteiger partial charge in [0.1, 0.15) is 5.75 Å². The molecule has 0 saturated heterocycles. The Hall–Kier alpha value is -1.69. The third-order valence-corrected chi connectivity index (χ3v) is 2.41. The van der Waals surface area contributed by atoms with Crippen molar-refractivity contribution in [3.63, 3.8) is 0 Å². The molecule has 0 atom stereocenters. The Kier molecular flexibility index (Phi) is 4.83. The molecular weight excluding hydrogens is 285 g/mol. The van der Waals surface area contributed by atoms with E-state index in [0.29, 0.717) is 5.56 Å². The van der Waals surface area contributed by atoms with Crippen LogP contribution in [0.3, 0.4) is 0 Å². The van der Waals surface area contributed by atoms with Crippen LogP contribution in [0.1, 0.15) is 5.56 Å². The normalized spacial score (nSPS) is 11.0. The molecule has 0 aromatic heterocycles. The first-order valence-corrected chi connectivity index (χ1v) is 5.41. The number of rotatable bonds is 4. The van der Waals surface area contributed by atoms with Gasteiger partial charge in [0.15, 0.2) is 0 Å². The summed E-state index contributed by atoms with van der Waals surface area (Å²) in [6.07, 6.45) is -4.68. The zero-order valence-corrected chi connectivity index (χ0v) is 10.6. The minimum Gasteiger partial charge on any atom is -0.466 e. The van der Waals surface area contributed by atoms with Gasteiger partial charge in [-0.15, -0.1) is 13.2 Å². The number of ether oxygens (including phenoxy) is 2. The van der Waals surface area contributed by atoms with E-state index >= 15 is 0 Å². The quantitative estimate of drug-likeness (QED) is 0.630. The fourth-order valence-electron chi connectivity index (χ4n) is 1.32. The van der Waals surface area contributed by atoms with Crippen molar-refractivity contribution in [1.29, 1.82) is 0 Å². The Labute approximate surface area is 112 Å². The first kappa shape index (κ1) is 15.4. The summed E-state index contributed by atoms with van der Waals surface area (Å²) in [5.41, 5.74) is 0.693. The largest absolute Gasteiger partial charge is 0.573 e. The van der Waals surface area contributed by atoms with Crippen molar-refractivity contribution in [3.8, 4) is 5.75 Å². The summed E-state index contributed by atoms with van der Waals surface area (Å²) in [6, 6.07) is 3.72. The summed E-state index contributed by atoms with van der Waals surface area (Å²) in [6.45, 7) is 3.50. The molecule has 0 aliphatic rings. The van der Waals surface area contributed by atoms with Gasteiger partial charge in [-0.2, -0.15) is 0 Å². The number of alkyl halides is 3. The van der Waals surface area contributed by atoms with Crippen LogP contribution in [-0.4, -0.2) is 19.4 Å². The second kappa shape index (κ2) is 5.97. The number of hydrogen-bond donors (Lipinski definition) is 0. The maximum absolute atomic E-state index is 12.0. The lowest BCUT2D eigenvalue weighted by atomic mass is 10.1. The minimum absolute atomic E-state index is 0.124. The number of esters is 1. The molecule has 0 radical (unpaired) electrons. The number of hydrogen-bond acceptors (Lipinski definition) is 3. The van der Waals surface area contributed by atoms with E-state index in [1.165, 1.54) is 19.2 Å². The van der Waals surface area contributed by atoms with Gasteiger partial charge in [-0.05, 0) is 17.7 Å². The Morgan fingerprint density at radius 3 is 2.53 bits per heavy atom. The highest BCUT2D eigenvalue weighted by atomic mass is 35.5. The van der Waals surface area contributed by atoms with E-state index in [9.17, 15) is 18.0 Å². The summed E-state index contributed by atoms with van der Waals surface area (Å²) < 4.78 is 44.3. The summed E-state index contributed by atoms with van der Waals surface area (Å²) >= 11 is 5.66. The zero-order chi connectivity index (χ0) is 14.6.